The number of fused-ring (bicyclic) bond motifs is 1. The molecule has 0 unspecified atom stereocenters. The van der Waals surface area contributed by atoms with Gasteiger partial charge in [-0.2, -0.15) is 0 Å². The largest absolute Gasteiger partial charge is 0.481 e. The Balaban J connectivity index is 1.75. The smallest absolute Gasteiger partial charge is 0.316 e. The van der Waals surface area contributed by atoms with Gasteiger partial charge >= 0.3 is 11.9 Å². The van der Waals surface area contributed by atoms with Crippen LogP contribution >= 0.6 is 0 Å². The number of carboxylic acid groups (broad SMARTS) is 1. The van der Waals surface area contributed by atoms with Gasteiger partial charge in [0.15, 0.2) is 0 Å². The summed E-state index contributed by atoms with van der Waals surface area (Å²) in [6.07, 6.45) is 7.18. The monoisotopic (exact) mass is 332 g/mol. The molecule has 1 spiro atoms. The number of aliphatic carboxylic acids is 1. The Bertz CT molecular complexity index is 700. The Morgan fingerprint density at radius 3 is 2.88 bits per heavy atom. The predicted octanol–water partition coefficient (Wildman–Crippen LogP) is 2.14. The van der Waals surface area contributed by atoms with E-state index < -0.39 is 33.9 Å². The Morgan fingerprint density at radius 1 is 1.42 bits per heavy atom. The third kappa shape index (κ3) is 1.29. The average Bonchev–Trinajstić information content (AvgIpc) is 2.88. The molecule has 1 saturated heterocycles. The molecule has 0 radical (unpaired) electrons. The van der Waals surface area contributed by atoms with E-state index in [0.29, 0.717) is 19.3 Å². The van der Waals surface area contributed by atoms with Crippen LogP contribution in [0.2, 0.25) is 0 Å². The Labute approximate surface area is 141 Å². The molecular formula is C19H24O5. The van der Waals surface area contributed by atoms with E-state index in [9.17, 15) is 19.8 Å². The summed E-state index contributed by atoms with van der Waals surface area (Å²) < 4.78 is 6.02. The first kappa shape index (κ1) is 14.9. The first-order valence-corrected chi connectivity index (χ1v) is 9.06. The highest BCUT2D eigenvalue weighted by molar-refractivity contribution is 5.86. The topological polar surface area (TPSA) is 83.8 Å². The second-order valence-electron chi connectivity index (χ2n) is 9.24. The maximum absolute atomic E-state index is 12.6. The molecule has 8 atom stereocenters. The Kier molecular flexibility index (Phi) is 2.43. The van der Waals surface area contributed by atoms with Gasteiger partial charge in [0.2, 0.25) is 0 Å². The van der Waals surface area contributed by atoms with Crippen molar-refractivity contribution in [3.8, 4) is 0 Å². The van der Waals surface area contributed by atoms with Crippen molar-refractivity contribution >= 4 is 11.9 Å². The number of rotatable bonds is 1. The van der Waals surface area contributed by atoms with Gasteiger partial charge in [0.05, 0.1) is 16.9 Å². The SMILES string of the molecule is C[C@H]1C[C@]23C[C@@]1(O)CC[C@H]2[C@@]12CC=C[C@@](C)(C(=O)O1)[C@H]2[C@@H]3C(=O)O. The first-order chi connectivity index (χ1) is 11.2. The molecule has 5 nitrogen and oxygen atoms in total. The lowest BCUT2D eigenvalue weighted by molar-refractivity contribution is -0.162. The van der Waals surface area contributed by atoms with Crippen LogP contribution in [0.15, 0.2) is 12.2 Å². The van der Waals surface area contributed by atoms with Crippen molar-refractivity contribution < 1.29 is 24.5 Å². The minimum absolute atomic E-state index is 0.0389. The summed E-state index contributed by atoms with van der Waals surface area (Å²) in [7, 11) is 0. The van der Waals surface area contributed by atoms with Crippen LogP contribution in [0, 0.1) is 34.5 Å². The van der Waals surface area contributed by atoms with Gasteiger partial charge in [-0.15, -0.1) is 0 Å². The number of carbonyl (C=O) groups is 2. The summed E-state index contributed by atoms with van der Waals surface area (Å²) >= 11 is 0. The molecule has 4 fully saturated rings. The molecule has 3 saturated carbocycles. The molecule has 0 aromatic carbocycles. The minimum atomic E-state index is -0.850. The van der Waals surface area contributed by atoms with E-state index in [0.717, 1.165) is 12.8 Å². The number of aliphatic hydroxyl groups is 1. The summed E-state index contributed by atoms with van der Waals surface area (Å²) in [5, 5.41) is 21.2. The molecule has 130 valence electrons. The molecule has 24 heavy (non-hydrogen) atoms. The van der Waals surface area contributed by atoms with E-state index in [2.05, 4.69) is 0 Å². The number of hydrogen-bond donors (Lipinski definition) is 2. The van der Waals surface area contributed by atoms with E-state index in [1.165, 1.54) is 0 Å². The normalized spacial score (nSPS) is 59.9. The van der Waals surface area contributed by atoms with Crippen LogP contribution in [0.3, 0.4) is 0 Å². The van der Waals surface area contributed by atoms with Gasteiger partial charge in [-0.1, -0.05) is 19.1 Å². The van der Waals surface area contributed by atoms with Gasteiger partial charge in [0.1, 0.15) is 5.60 Å². The highest BCUT2D eigenvalue weighted by atomic mass is 16.6. The molecule has 1 aliphatic heterocycles. The van der Waals surface area contributed by atoms with Crippen LogP contribution < -0.4 is 0 Å². The zero-order valence-corrected chi connectivity index (χ0v) is 14.1. The second kappa shape index (κ2) is 3.90. The summed E-state index contributed by atoms with van der Waals surface area (Å²) in [6.45, 7) is 3.88. The number of hydrogen-bond acceptors (Lipinski definition) is 4. The lowest BCUT2D eigenvalue weighted by Crippen LogP contribution is -2.47. The Morgan fingerprint density at radius 2 is 2.17 bits per heavy atom. The van der Waals surface area contributed by atoms with Crippen LogP contribution in [0.5, 0.6) is 0 Å². The van der Waals surface area contributed by atoms with Crippen LogP contribution in [-0.4, -0.2) is 33.4 Å². The molecule has 5 rings (SSSR count). The van der Waals surface area contributed by atoms with Crippen molar-refractivity contribution in [1.82, 2.24) is 0 Å². The molecule has 0 aromatic heterocycles. The number of carboxylic acids is 1. The molecule has 5 aliphatic rings. The van der Waals surface area contributed by atoms with Crippen LogP contribution in [0.25, 0.3) is 0 Å². The van der Waals surface area contributed by atoms with Crippen molar-refractivity contribution in [2.24, 2.45) is 34.5 Å². The Hall–Kier alpha value is -1.36. The predicted molar refractivity (Wildman–Crippen MR) is 83.8 cm³/mol. The van der Waals surface area contributed by atoms with E-state index in [1.54, 1.807) is 0 Å². The van der Waals surface area contributed by atoms with Gasteiger partial charge in [0.25, 0.3) is 0 Å². The van der Waals surface area contributed by atoms with Gasteiger partial charge in [0, 0.05) is 18.3 Å². The number of ether oxygens (including phenoxy) is 1. The second-order valence-corrected chi connectivity index (χ2v) is 9.24. The standard InChI is InChI=1S/C19H24O5/c1-10-8-17-9-18(10,23)7-4-11(17)19-6-3-5-16(2,15(22)24-19)13(19)12(17)14(20)21/h3,5,10-13,23H,4,6-9H2,1-2H3,(H,20,21)/t10-,11+,12+,13+,16+,17-,18-,19+/m0/s1. The highest BCUT2D eigenvalue weighted by Crippen LogP contribution is 2.77. The average molecular weight is 332 g/mol. The summed E-state index contributed by atoms with van der Waals surface area (Å²) in [5.74, 6) is -1.91. The molecule has 5 heteroatoms. The fourth-order valence-corrected chi connectivity index (χ4v) is 7.63. The number of carbonyl (C=O) groups excluding carboxylic acids is 1. The molecule has 0 amide bonds. The third-order valence-electron chi connectivity index (χ3n) is 8.40. The molecule has 0 aromatic rings. The maximum Gasteiger partial charge on any atom is 0.316 e. The van der Waals surface area contributed by atoms with Crippen molar-refractivity contribution in [1.29, 1.82) is 0 Å². The molecule has 4 aliphatic carbocycles. The molecule has 1 heterocycles. The molecule has 4 bridgehead atoms. The summed E-state index contributed by atoms with van der Waals surface area (Å²) in [5.41, 5.74) is -2.74. The summed E-state index contributed by atoms with van der Waals surface area (Å²) in [4.78, 5) is 25.0. The van der Waals surface area contributed by atoms with Crippen LogP contribution in [-0.2, 0) is 14.3 Å². The summed E-state index contributed by atoms with van der Waals surface area (Å²) in [6, 6.07) is 0. The van der Waals surface area contributed by atoms with E-state index >= 15 is 0 Å². The quantitative estimate of drug-likeness (QED) is 0.568. The van der Waals surface area contributed by atoms with Gasteiger partial charge in [-0.3, -0.25) is 9.59 Å². The number of esters is 1. The van der Waals surface area contributed by atoms with Crippen LogP contribution in [0.1, 0.15) is 46.0 Å². The third-order valence-corrected chi connectivity index (χ3v) is 8.40. The zero-order valence-electron chi connectivity index (χ0n) is 14.1. The molecular weight excluding hydrogens is 308 g/mol. The van der Waals surface area contributed by atoms with Crippen molar-refractivity contribution in [3.63, 3.8) is 0 Å². The van der Waals surface area contributed by atoms with Crippen molar-refractivity contribution in [2.75, 3.05) is 0 Å². The first-order valence-electron chi connectivity index (χ1n) is 9.06. The fourth-order valence-electron chi connectivity index (χ4n) is 7.63. The zero-order chi connectivity index (χ0) is 17.1. The maximum atomic E-state index is 12.6. The van der Waals surface area contributed by atoms with Crippen molar-refractivity contribution in [2.45, 2.75) is 57.2 Å². The van der Waals surface area contributed by atoms with Gasteiger partial charge < -0.3 is 14.9 Å². The lowest BCUT2D eigenvalue weighted by atomic mass is 9.62. The van der Waals surface area contributed by atoms with Crippen LogP contribution in [0.4, 0.5) is 0 Å². The van der Waals surface area contributed by atoms with E-state index in [1.807, 2.05) is 26.0 Å². The van der Waals surface area contributed by atoms with Gasteiger partial charge in [-0.05, 0) is 43.9 Å². The van der Waals surface area contributed by atoms with E-state index in [4.69, 9.17) is 4.74 Å². The lowest BCUT2D eigenvalue weighted by Gasteiger charge is -2.45. The molecule has 2 N–H and O–H groups in total. The highest BCUT2D eigenvalue weighted by Gasteiger charge is 2.82. The fraction of sp³-hybridized carbons (Fsp3) is 0.789. The van der Waals surface area contributed by atoms with E-state index in [-0.39, 0.29) is 23.7 Å². The van der Waals surface area contributed by atoms with Crippen molar-refractivity contribution in [3.05, 3.63) is 12.2 Å². The minimum Gasteiger partial charge on any atom is -0.481 e. The van der Waals surface area contributed by atoms with Gasteiger partial charge in [-0.25, -0.2) is 0 Å².